The van der Waals surface area contributed by atoms with Gasteiger partial charge in [0, 0.05) is 49.7 Å². The van der Waals surface area contributed by atoms with Crippen LogP contribution in [0.4, 0.5) is 0 Å². The van der Waals surface area contributed by atoms with Crippen molar-refractivity contribution < 1.29 is 17.5 Å². The first-order valence-electron chi connectivity index (χ1n) is 11.4. The number of aryl methyl sites for hydroxylation is 4. The molecule has 4 heterocycles. The standard InChI is InChI=1S/C26H21N2O2/c1-14-5-6-17-18-10-23-19(20-12-27-8-7-22(20)29-23)11-24(18)30-26(17)25(14)21-9-15(2)16(3)13-28(21)4/h5-13H,1-4H3/q+1/i3D3. The van der Waals surface area contributed by atoms with Crippen molar-refractivity contribution in [3.63, 3.8) is 0 Å². The normalized spacial score (nSPS) is 13.9. The number of benzene rings is 2. The highest BCUT2D eigenvalue weighted by Crippen LogP contribution is 2.40. The van der Waals surface area contributed by atoms with Crippen molar-refractivity contribution in [1.29, 1.82) is 0 Å². The van der Waals surface area contributed by atoms with Crippen molar-refractivity contribution in [3.8, 4) is 11.3 Å². The minimum absolute atomic E-state index is 0.351. The molecule has 0 atom stereocenters. The zero-order valence-corrected chi connectivity index (χ0v) is 16.9. The summed E-state index contributed by atoms with van der Waals surface area (Å²) in [5.74, 6) is 0. The third-order valence-electron chi connectivity index (χ3n) is 5.98. The molecule has 0 N–H and O–H groups in total. The third-order valence-corrected chi connectivity index (χ3v) is 5.98. The molecule has 6 aromatic rings. The summed E-state index contributed by atoms with van der Waals surface area (Å²) >= 11 is 0. The Morgan fingerprint density at radius 1 is 0.833 bits per heavy atom. The molecule has 0 aliphatic rings. The van der Waals surface area contributed by atoms with Gasteiger partial charge in [-0.3, -0.25) is 4.98 Å². The number of hydrogen-bond donors (Lipinski definition) is 0. The number of furan rings is 2. The van der Waals surface area contributed by atoms with Crippen LogP contribution in [0.15, 0.2) is 63.8 Å². The fourth-order valence-electron chi connectivity index (χ4n) is 4.37. The van der Waals surface area contributed by atoms with E-state index in [-0.39, 0.29) is 0 Å². The maximum atomic E-state index is 7.83. The molecule has 0 spiro atoms. The molecule has 6 rings (SSSR count). The Morgan fingerprint density at radius 3 is 2.47 bits per heavy atom. The first-order chi connectivity index (χ1) is 15.7. The zero-order valence-electron chi connectivity index (χ0n) is 19.9. The Labute approximate surface area is 177 Å². The van der Waals surface area contributed by atoms with Gasteiger partial charge in [0.1, 0.15) is 29.4 Å². The molecule has 0 unspecified atom stereocenters. The molecule has 0 fully saturated rings. The number of aromatic nitrogens is 2. The van der Waals surface area contributed by atoms with Crippen molar-refractivity contribution >= 4 is 43.9 Å². The van der Waals surface area contributed by atoms with E-state index in [0.29, 0.717) is 5.56 Å². The quantitative estimate of drug-likeness (QED) is 0.306. The lowest BCUT2D eigenvalue weighted by molar-refractivity contribution is -0.660. The van der Waals surface area contributed by atoms with Crippen molar-refractivity contribution in [2.45, 2.75) is 20.7 Å². The van der Waals surface area contributed by atoms with Gasteiger partial charge in [0.2, 0.25) is 5.69 Å². The van der Waals surface area contributed by atoms with Crippen LogP contribution in [0.3, 0.4) is 0 Å². The molecule has 4 heteroatoms. The average Bonchev–Trinajstić information content (AvgIpc) is 3.30. The molecule has 2 aromatic carbocycles. The Hall–Kier alpha value is -3.66. The van der Waals surface area contributed by atoms with Gasteiger partial charge in [0.15, 0.2) is 6.20 Å². The van der Waals surface area contributed by atoms with Gasteiger partial charge in [-0.05, 0) is 50.0 Å². The van der Waals surface area contributed by atoms with Gasteiger partial charge < -0.3 is 8.83 Å². The zero-order chi connectivity index (χ0) is 23.1. The van der Waals surface area contributed by atoms with E-state index in [4.69, 9.17) is 12.9 Å². The summed E-state index contributed by atoms with van der Waals surface area (Å²) in [5.41, 5.74) is 7.12. The lowest BCUT2D eigenvalue weighted by atomic mass is 9.99. The minimum atomic E-state index is -2.16. The lowest BCUT2D eigenvalue weighted by Crippen LogP contribution is -2.31. The van der Waals surface area contributed by atoms with E-state index in [1.54, 1.807) is 18.6 Å². The summed E-state index contributed by atoms with van der Waals surface area (Å²) in [4.78, 5) is 4.23. The van der Waals surface area contributed by atoms with Crippen LogP contribution >= 0.6 is 0 Å². The summed E-state index contributed by atoms with van der Waals surface area (Å²) in [7, 11) is 1.87. The molecule has 0 saturated heterocycles. The van der Waals surface area contributed by atoms with Crippen molar-refractivity contribution in [3.05, 3.63) is 71.7 Å². The first kappa shape index (κ1) is 14.3. The van der Waals surface area contributed by atoms with Crippen molar-refractivity contribution in [1.82, 2.24) is 4.98 Å². The van der Waals surface area contributed by atoms with E-state index in [2.05, 4.69) is 17.1 Å². The van der Waals surface area contributed by atoms with E-state index in [1.165, 1.54) is 0 Å². The fraction of sp³-hybridized carbons (Fsp3) is 0.154. The lowest BCUT2D eigenvalue weighted by Gasteiger charge is -2.07. The van der Waals surface area contributed by atoms with Crippen LogP contribution in [-0.2, 0) is 7.05 Å². The topological polar surface area (TPSA) is 43.0 Å². The van der Waals surface area contributed by atoms with Crippen LogP contribution in [-0.4, -0.2) is 4.98 Å². The van der Waals surface area contributed by atoms with Crippen LogP contribution in [0.5, 0.6) is 0 Å². The molecular formula is C26H21N2O2+. The molecule has 0 radical (unpaired) electrons. The number of nitrogens with zero attached hydrogens (tertiary/aromatic N) is 2. The van der Waals surface area contributed by atoms with E-state index < -0.39 is 6.85 Å². The van der Waals surface area contributed by atoms with Gasteiger partial charge in [-0.1, -0.05) is 12.1 Å². The molecule has 4 aromatic heterocycles. The Kier molecular flexibility index (Phi) is 2.83. The third kappa shape index (κ3) is 2.28. The first-order valence-corrected chi connectivity index (χ1v) is 9.85. The maximum Gasteiger partial charge on any atom is 0.216 e. The summed E-state index contributed by atoms with van der Waals surface area (Å²) in [6, 6.07) is 12.0. The van der Waals surface area contributed by atoms with E-state index in [9.17, 15) is 0 Å². The molecule has 146 valence electrons. The second-order valence-corrected chi connectivity index (χ2v) is 7.92. The molecule has 4 nitrogen and oxygen atoms in total. The van der Waals surface area contributed by atoms with Gasteiger partial charge in [-0.15, -0.1) is 0 Å². The number of hydrogen-bond acceptors (Lipinski definition) is 3. The average molecular weight is 396 g/mol. The summed E-state index contributed by atoms with van der Waals surface area (Å²) in [6.07, 6.45) is 5.23. The molecule has 0 amide bonds. The van der Waals surface area contributed by atoms with Crippen LogP contribution < -0.4 is 4.57 Å². The summed E-state index contributed by atoms with van der Waals surface area (Å²) in [5, 5.41) is 3.88. The van der Waals surface area contributed by atoms with Crippen molar-refractivity contribution in [2.75, 3.05) is 0 Å². The summed E-state index contributed by atoms with van der Waals surface area (Å²) in [6.45, 7) is 1.72. The largest absolute Gasteiger partial charge is 0.456 e. The number of fused-ring (bicyclic) bond motifs is 6. The van der Waals surface area contributed by atoms with Gasteiger partial charge in [-0.25, -0.2) is 4.57 Å². The highest BCUT2D eigenvalue weighted by Gasteiger charge is 2.22. The van der Waals surface area contributed by atoms with Crippen LogP contribution in [0.1, 0.15) is 20.8 Å². The predicted octanol–water partition coefficient (Wildman–Crippen LogP) is 6.30. The molecule has 0 saturated carbocycles. The molecule has 0 bridgehead atoms. The second kappa shape index (κ2) is 5.92. The minimum Gasteiger partial charge on any atom is -0.456 e. The highest BCUT2D eigenvalue weighted by atomic mass is 16.3. The van der Waals surface area contributed by atoms with Gasteiger partial charge in [0.05, 0.1) is 5.56 Å². The SMILES string of the molecule is [2H]C([2H])([2H])c1c[n+](C)c(-c2c(C)ccc3c2oc2cc4c(cc23)oc2ccncc24)cc1C. The maximum absolute atomic E-state index is 7.83. The van der Waals surface area contributed by atoms with E-state index in [0.717, 1.165) is 66.3 Å². The van der Waals surface area contributed by atoms with Gasteiger partial charge in [0.25, 0.3) is 0 Å². The Bertz CT molecular complexity index is 1740. The summed E-state index contributed by atoms with van der Waals surface area (Å²) < 4.78 is 37.9. The van der Waals surface area contributed by atoms with Crippen LogP contribution in [0.25, 0.3) is 55.1 Å². The predicted molar refractivity (Wildman–Crippen MR) is 120 cm³/mol. The molecule has 0 aliphatic carbocycles. The van der Waals surface area contributed by atoms with Crippen LogP contribution in [0.2, 0.25) is 0 Å². The highest BCUT2D eigenvalue weighted by molar-refractivity contribution is 6.16. The number of rotatable bonds is 1. The molecular weight excluding hydrogens is 372 g/mol. The molecule has 0 aliphatic heterocycles. The van der Waals surface area contributed by atoms with E-state index >= 15 is 0 Å². The fourth-order valence-corrected chi connectivity index (χ4v) is 4.37. The Balaban J connectivity index is 1.66. The number of pyridine rings is 2. The molecule has 30 heavy (non-hydrogen) atoms. The van der Waals surface area contributed by atoms with Gasteiger partial charge in [-0.2, -0.15) is 0 Å². The van der Waals surface area contributed by atoms with Gasteiger partial charge >= 0.3 is 0 Å². The second-order valence-electron chi connectivity index (χ2n) is 7.92. The van der Waals surface area contributed by atoms with Crippen molar-refractivity contribution in [2.24, 2.45) is 7.05 Å². The van der Waals surface area contributed by atoms with E-state index in [1.807, 2.05) is 49.7 Å². The monoisotopic (exact) mass is 396 g/mol. The smallest absolute Gasteiger partial charge is 0.216 e. The van der Waals surface area contributed by atoms with Crippen LogP contribution in [0, 0.1) is 20.7 Å². The Morgan fingerprint density at radius 2 is 1.63 bits per heavy atom.